The van der Waals surface area contributed by atoms with Gasteiger partial charge in [0.05, 0.1) is 0 Å². The quantitative estimate of drug-likeness (QED) is 0.366. The van der Waals surface area contributed by atoms with Gasteiger partial charge in [-0.25, -0.2) is 0 Å². The number of H-pyrrole nitrogens is 3. The molecule has 0 unspecified atom stereocenters. The van der Waals surface area contributed by atoms with Crippen molar-refractivity contribution in [2.45, 2.75) is 20.3 Å². The van der Waals surface area contributed by atoms with Gasteiger partial charge >= 0.3 is 0 Å². The minimum atomic E-state index is -0.343. The fraction of sp³-hybridized carbons (Fsp3) is 0.103. The first-order valence-electron chi connectivity index (χ1n) is 11.3. The number of allylic oxidation sites excluding steroid dienone is 2. The summed E-state index contributed by atoms with van der Waals surface area (Å²) in [7, 11) is 0. The lowest BCUT2D eigenvalue weighted by atomic mass is 10.0. The molecular formula is C29H25N3O2. The minimum Gasteiger partial charge on any atom is -0.358 e. The lowest BCUT2D eigenvalue weighted by Crippen LogP contribution is -2.46. The number of hydrogen-bond donors (Lipinski definition) is 3. The van der Waals surface area contributed by atoms with Crippen LogP contribution in [0, 0.1) is 0 Å². The molecule has 0 atom stereocenters. The van der Waals surface area contributed by atoms with Crippen LogP contribution in [0.4, 0.5) is 0 Å². The number of rotatable bonds is 4. The topological polar surface area (TPSA) is 81.5 Å². The number of aromatic nitrogens is 3. The summed E-state index contributed by atoms with van der Waals surface area (Å²) in [6.07, 6.45) is 6.32. The Balaban J connectivity index is 1.68. The van der Waals surface area contributed by atoms with Crippen molar-refractivity contribution in [1.82, 2.24) is 15.0 Å². The highest BCUT2D eigenvalue weighted by molar-refractivity contribution is 5.91. The largest absolute Gasteiger partial charge is 0.358 e. The zero-order valence-corrected chi connectivity index (χ0v) is 19.1. The van der Waals surface area contributed by atoms with Crippen molar-refractivity contribution in [2.75, 3.05) is 0 Å². The number of hydrogen-bond acceptors (Lipinski definition) is 2. The molecule has 5 heteroatoms. The zero-order valence-electron chi connectivity index (χ0n) is 19.1. The van der Waals surface area contributed by atoms with Gasteiger partial charge in [-0.2, -0.15) is 0 Å². The Morgan fingerprint density at radius 3 is 2.15 bits per heavy atom. The SMILES string of the molecule is CC(C)=CCc1[nH]c2ccccc2c1/C=c1\[nH]c(=O)/c(=C/c2cccc3ccccc23)[nH]c1=O. The van der Waals surface area contributed by atoms with Crippen LogP contribution in [0.2, 0.25) is 0 Å². The van der Waals surface area contributed by atoms with Gasteiger partial charge in [-0.15, -0.1) is 0 Å². The van der Waals surface area contributed by atoms with Gasteiger partial charge < -0.3 is 15.0 Å². The molecule has 168 valence electrons. The summed E-state index contributed by atoms with van der Waals surface area (Å²) in [6.45, 7) is 4.11. The highest BCUT2D eigenvalue weighted by atomic mass is 16.1. The Labute approximate surface area is 195 Å². The van der Waals surface area contributed by atoms with E-state index in [1.165, 1.54) is 5.57 Å². The Morgan fingerprint density at radius 2 is 1.38 bits per heavy atom. The van der Waals surface area contributed by atoms with Crippen LogP contribution >= 0.6 is 0 Å². The van der Waals surface area contributed by atoms with Crippen molar-refractivity contribution in [3.05, 3.63) is 127 Å². The molecule has 2 heterocycles. The maximum absolute atomic E-state index is 13.0. The number of para-hydroxylation sites is 1. The van der Waals surface area contributed by atoms with Crippen LogP contribution in [0.25, 0.3) is 33.8 Å². The summed E-state index contributed by atoms with van der Waals surface area (Å²) in [6, 6.07) is 21.8. The number of fused-ring (bicyclic) bond motifs is 2. The predicted molar refractivity (Wildman–Crippen MR) is 139 cm³/mol. The molecule has 0 radical (unpaired) electrons. The molecular weight excluding hydrogens is 422 g/mol. The van der Waals surface area contributed by atoms with E-state index in [0.29, 0.717) is 6.42 Å². The highest BCUT2D eigenvalue weighted by Gasteiger charge is 2.09. The zero-order chi connectivity index (χ0) is 23.7. The fourth-order valence-electron chi connectivity index (χ4n) is 4.22. The van der Waals surface area contributed by atoms with Crippen molar-refractivity contribution in [1.29, 1.82) is 0 Å². The van der Waals surface area contributed by atoms with Crippen LogP contribution in [0.1, 0.15) is 30.7 Å². The summed E-state index contributed by atoms with van der Waals surface area (Å²) < 4.78 is 0. The predicted octanol–water partition coefficient (Wildman–Crippen LogP) is 3.86. The Hall–Kier alpha value is -4.38. The summed E-state index contributed by atoms with van der Waals surface area (Å²) in [5.41, 5.74) is 4.29. The van der Waals surface area contributed by atoms with Crippen LogP contribution in [0.5, 0.6) is 0 Å². The standard InChI is InChI=1S/C29H25N3O2/c1-18(2)14-15-25-23(22-12-5-6-13-24(22)30-25)17-27-29(34)31-26(28(33)32-27)16-20-10-7-9-19-8-3-4-11-21(19)20/h3-14,16-17,30H,15H2,1-2H3,(H,31,34)(H,32,33)/b26-16-,27-17-. The van der Waals surface area contributed by atoms with Gasteiger partial charge in [-0.05, 0) is 48.4 Å². The third kappa shape index (κ3) is 4.16. The number of benzene rings is 3. The van der Waals surface area contributed by atoms with E-state index >= 15 is 0 Å². The number of nitrogens with one attached hydrogen (secondary N) is 3. The van der Waals surface area contributed by atoms with Crippen molar-refractivity contribution in [3.8, 4) is 0 Å². The lowest BCUT2D eigenvalue weighted by molar-refractivity contribution is 1.00. The summed E-state index contributed by atoms with van der Waals surface area (Å²) in [5, 5.41) is 3.54. The first kappa shape index (κ1) is 21.5. The van der Waals surface area contributed by atoms with Crippen molar-refractivity contribution in [3.63, 3.8) is 0 Å². The molecule has 0 aliphatic carbocycles. The van der Waals surface area contributed by atoms with Crippen LogP contribution in [-0.2, 0) is 6.42 Å². The smallest absolute Gasteiger partial charge is 0.272 e. The van der Waals surface area contributed by atoms with Crippen LogP contribution in [-0.4, -0.2) is 15.0 Å². The Morgan fingerprint density at radius 1 is 0.735 bits per heavy atom. The van der Waals surface area contributed by atoms with Gasteiger partial charge in [0, 0.05) is 28.6 Å². The summed E-state index contributed by atoms with van der Waals surface area (Å²) >= 11 is 0. The molecule has 0 aliphatic rings. The molecule has 3 aromatic carbocycles. The molecule has 5 nitrogen and oxygen atoms in total. The maximum Gasteiger partial charge on any atom is 0.272 e. The van der Waals surface area contributed by atoms with E-state index in [4.69, 9.17) is 0 Å². The van der Waals surface area contributed by atoms with E-state index in [1.807, 2.05) is 66.7 Å². The second-order valence-corrected chi connectivity index (χ2v) is 8.64. The minimum absolute atomic E-state index is 0.224. The average molecular weight is 448 g/mol. The van der Waals surface area contributed by atoms with Crippen LogP contribution in [0.15, 0.2) is 88.0 Å². The molecule has 3 N–H and O–H groups in total. The Kier molecular flexibility index (Phi) is 5.60. The molecule has 0 fully saturated rings. The van der Waals surface area contributed by atoms with Gasteiger partial charge in [0.15, 0.2) is 0 Å². The molecule has 0 bridgehead atoms. The van der Waals surface area contributed by atoms with E-state index in [1.54, 1.807) is 12.2 Å². The normalized spacial score (nSPS) is 12.5. The van der Waals surface area contributed by atoms with E-state index in [2.05, 4.69) is 34.9 Å². The van der Waals surface area contributed by atoms with Crippen molar-refractivity contribution < 1.29 is 0 Å². The molecule has 0 aliphatic heterocycles. The van der Waals surface area contributed by atoms with Gasteiger partial charge in [0.2, 0.25) is 0 Å². The first-order chi connectivity index (χ1) is 16.5. The van der Waals surface area contributed by atoms with Gasteiger partial charge in [-0.1, -0.05) is 72.3 Å². The molecule has 0 saturated carbocycles. The number of aromatic amines is 3. The summed E-state index contributed by atoms with van der Waals surface area (Å²) in [4.78, 5) is 34.9. The lowest BCUT2D eigenvalue weighted by Gasteiger charge is -2.01. The van der Waals surface area contributed by atoms with Gasteiger partial charge in [-0.3, -0.25) is 9.59 Å². The molecule has 0 spiro atoms. The molecule has 2 aromatic heterocycles. The van der Waals surface area contributed by atoms with Crippen molar-refractivity contribution in [2.24, 2.45) is 0 Å². The molecule has 34 heavy (non-hydrogen) atoms. The van der Waals surface area contributed by atoms with Crippen molar-refractivity contribution >= 4 is 33.8 Å². The maximum atomic E-state index is 13.0. The second-order valence-electron chi connectivity index (χ2n) is 8.64. The molecule has 5 aromatic rings. The summed E-state index contributed by atoms with van der Waals surface area (Å²) in [5.74, 6) is 0. The second kappa shape index (κ2) is 8.87. The van der Waals surface area contributed by atoms with E-state index in [-0.39, 0.29) is 21.8 Å². The molecule has 5 rings (SSSR count). The highest BCUT2D eigenvalue weighted by Crippen LogP contribution is 2.24. The van der Waals surface area contributed by atoms with Gasteiger partial charge in [0.1, 0.15) is 10.7 Å². The van der Waals surface area contributed by atoms with E-state index in [0.717, 1.165) is 38.5 Å². The molecule has 0 saturated heterocycles. The van der Waals surface area contributed by atoms with Crippen LogP contribution in [0.3, 0.4) is 0 Å². The average Bonchev–Trinajstić information content (AvgIpc) is 3.18. The first-order valence-corrected chi connectivity index (χ1v) is 11.3. The fourth-order valence-corrected chi connectivity index (χ4v) is 4.22. The van der Waals surface area contributed by atoms with E-state index < -0.39 is 0 Å². The van der Waals surface area contributed by atoms with Crippen LogP contribution < -0.4 is 21.8 Å². The third-order valence-electron chi connectivity index (χ3n) is 5.94. The van der Waals surface area contributed by atoms with Gasteiger partial charge in [0.25, 0.3) is 11.1 Å². The molecule has 0 amide bonds. The Bertz CT molecular complexity index is 1790. The monoisotopic (exact) mass is 447 g/mol. The third-order valence-corrected chi connectivity index (χ3v) is 5.94. The van der Waals surface area contributed by atoms with E-state index in [9.17, 15) is 9.59 Å².